The highest BCUT2D eigenvalue weighted by molar-refractivity contribution is 5.88. The quantitative estimate of drug-likeness (QED) is 0.743. The van der Waals surface area contributed by atoms with Crippen LogP contribution in [-0.2, 0) is 0 Å². The summed E-state index contributed by atoms with van der Waals surface area (Å²) in [6.45, 7) is 3.21. The molecule has 0 aromatic heterocycles. The van der Waals surface area contributed by atoms with Gasteiger partial charge in [0.2, 0.25) is 0 Å². The molecule has 0 aliphatic carbocycles. The Morgan fingerprint density at radius 2 is 1.23 bits per heavy atom. The summed E-state index contributed by atoms with van der Waals surface area (Å²) >= 11 is 0. The van der Waals surface area contributed by atoms with Crippen molar-refractivity contribution in [1.82, 2.24) is 4.90 Å². The number of fused-ring (bicyclic) bond motifs is 2. The fourth-order valence-corrected chi connectivity index (χ4v) is 3.37. The minimum atomic E-state index is 0. The molecule has 4 nitrogen and oxygen atoms in total. The van der Waals surface area contributed by atoms with Crippen molar-refractivity contribution in [2.24, 2.45) is 0 Å². The summed E-state index contributed by atoms with van der Waals surface area (Å²) in [7, 11) is 0. The first kappa shape index (κ1) is 20.5. The van der Waals surface area contributed by atoms with Crippen molar-refractivity contribution in [2.75, 3.05) is 44.3 Å². The number of halogens is 1. The topological polar surface area (TPSA) is 46.9 Å². The molecule has 0 bridgehead atoms. The predicted molar refractivity (Wildman–Crippen MR) is 111 cm³/mol. The third-order valence-electron chi connectivity index (χ3n) is 4.59. The molecule has 140 valence electrons. The van der Waals surface area contributed by atoms with Crippen LogP contribution in [0.15, 0.2) is 48.5 Å². The first-order valence-electron chi connectivity index (χ1n) is 8.91. The van der Waals surface area contributed by atoms with Gasteiger partial charge in [-0.15, -0.1) is 12.4 Å². The first-order chi connectivity index (χ1) is 12.3. The molecule has 2 aromatic rings. The van der Waals surface area contributed by atoms with Gasteiger partial charge in [-0.3, -0.25) is 4.90 Å². The Kier molecular flexibility index (Phi) is 8.13. The summed E-state index contributed by atoms with van der Waals surface area (Å²) in [6.07, 6.45) is 5.32. The van der Waals surface area contributed by atoms with Crippen molar-refractivity contribution in [3.8, 4) is 0 Å². The van der Waals surface area contributed by atoms with Crippen LogP contribution < -0.4 is 4.90 Å². The molecule has 5 heteroatoms. The van der Waals surface area contributed by atoms with Crippen LogP contribution in [0.1, 0.15) is 17.5 Å². The zero-order valence-electron chi connectivity index (χ0n) is 14.9. The fraction of sp³-hybridized carbons (Fsp3) is 0.333. The second-order valence-corrected chi connectivity index (χ2v) is 6.25. The van der Waals surface area contributed by atoms with Crippen LogP contribution in [-0.4, -0.2) is 54.5 Å². The van der Waals surface area contributed by atoms with E-state index in [1.165, 1.54) is 22.5 Å². The Hall–Kier alpha value is -1.85. The Balaban J connectivity index is 0.00000243. The van der Waals surface area contributed by atoms with Gasteiger partial charge in [0.25, 0.3) is 0 Å². The van der Waals surface area contributed by atoms with E-state index in [9.17, 15) is 0 Å². The Morgan fingerprint density at radius 1 is 0.731 bits per heavy atom. The number of nitrogens with zero attached hydrogens (tertiary/aromatic N) is 2. The number of para-hydroxylation sites is 2. The molecule has 1 aliphatic heterocycles. The van der Waals surface area contributed by atoms with E-state index < -0.39 is 0 Å². The minimum absolute atomic E-state index is 0. The molecule has 3 rings (SSSR count). The largest absolute Gasteiger partial charge is 0.395 e. The maximum absolute atomic E-state index is 9.17. The van der Waals surface area contributed by atoms with E-state index in [2.05, 4.69) is 70.5 Å². The number of hydrogen-bond acceptors (Lipinski definition) is 4. The van der Waals surface area contributed by atoms with E-state index in [4.69, 9.17) is 10.2 Å². The molecule has 0 radical (unpaired) electrons. The van der Waals surface area contributed by atoms with Gasteiger partial charge in [0.1, 0.15) is 0 Å². The Bertz CT molecular complexity index is 665. The van der Waals surface area contributed by atoms with Crippen molar-refractivity contribution < 1.29 is 10.2 Å². The standard InChI is InChI=1S/C21H26N2O2.ClH/c24-16-14-22(15-17-25)12-5-13-23-20-8-3-1-6-18(20)10-11-19-7-2-4-9-21(19)23;/h1-4,6-11,24-25H,5,12-17H2;1H. The minimum Gasteiger partial charge on any atom is -0.395 e. The molecule has 0 fully saturated rings. The molecule has 0 saturated carbocycles. The zero-order valence-corrected chi connectivity index (χ0v) is 15.7. The van der Waals surface area contributed by atoms with Crippen LogP contribution in [0.2, 0.25) is 0 Å². The lowest BCUT2D eigenvalue weighted by Crippen LogP contribution is -2.33. The van der Waals surface area contributed by atoms with Crippen LogP contribution in [0.4, 0.5) is 11.4 Å². The van der Waals surface area contributed by atoms with E-state index in [1.807, 2.05) is 0 Å². The molecular formula is C21H27ClN2O2. The van der Waals surface area contributed by atoms with Crippen molar-refractivity contribution in [2.45, 2.75) is 6.42 Å². The molecule has 1 heterocycles. The highest BCUT2D eigenvalue weighted by atomic mass is 35.5. The molecule has 0 atom stereocenters. The molecule has 0 spiro atoms. The lowest BCUT2D eigenvalue weighted by atomic mass is 10.1. The summed E-state index contributed by atoms with van der Waals surface area (Å²) < 4.78 is 0. The average molecular weight is 375 g/mol. The third kappa shape index (κ3) is 4.86. The molecule has 2 N–H and O–H groups in total. The second kappa shape index (κ2) is 10.3. The van der Waals surface area contributed by atoms with Gasteiger partial charge < -0.3 is 15.1 Å². The lowest BCUT2D eigenvalue weighted by Gasteiger charge is -2.28. The number of anilines is 2. The summed E-state index contributed by atoms with van der Waals surface area (Å²) in [4.78, 5) is 4.48. The lowest BCUT2D eigenvalue weighted by molar-refractivity contribution is 0.160. The molecule has 2 aromatic carbocycles. The highest BCUT2D eigenvalue weighted by Crippen LogP contribution is 2.36. The van der Waals surface area contributed by atoms with Gasteiger partial charge in [-0.1, -0.05) is 48.6 Å². The number of rotatable bonds is 8. The predicted octanol–water partition coefficient (Wildman–Crippen LogP) is 3.41. The van der Waals surface area contributed by atoms with E-state index in [0.29, 0.717) is 13.1 Å². The summed E-state index contributed by atoms with van der Waals surface area (Å²) in [5, 5.41) is 18.3. The van der Waals surface area contributed by atoms with E-state index in [-0.39, 0.29) is 25.6 Å². The fourth-order valence-electron chi connectivity index (χ4n) is 3.37. The smallest absolute Gasteiger partial charge is 0.0558 e. The number of benzene rings is 2. The SMILES string of the molecule is Cl.OCCN(CCO)CCCN1c2ccccc2C=Cc2ccccc21. The van der Waals surface area contributed by atoms with Gasteiger partial charge in [0.15, 0.2) is 0 Å². The van der Waals surface area contributed by atoms with Crippen molar-refractivity contribution in [1.29, 1.82) is 0 Å². The van der Waals surface area contributed by atoms with Gasteiger partial charge in [0, 0.05) is 37.6 Å². The second-order valence-electron chi connectivity index (χ2n) is 6.25. The van der Waals surface area contributed by atoms with Gasteiger partial charge in [-0.25, -0.2) is 0 Å². The van der Waals surface area contributed by atoms with Crippen molar-refractivity contribution >= 4 is 35.9 Å². The summed E-state index contributed by atoms with van der Waals surface area (Å²) in [5.74, 6) is 0. The third-order valence-corrected chi connectivity index (χ3v) is 4.59. The monoisotopic (exact) mass is 374 g/mol. The zero-order chi connectivity index (χ0) is 17.5. The maximum atomic E-state index is 9.17. The molecule has 0 saturated heterocycles. The van der Waals surface area contributed by atoms with Crippen LogP contribution in [0.5, 0.6) is 0 Å². The maximum Gasteiger partial charge on any atom is 0.0558 e. The average Bonchev–Trinajstić information content (AvgIpc) is 2.80. The normalized spacial score (nSPS) is 12.3. The van der Waals surface area contributed by atoms with Crippen LogP contribution in [0.3, 0.4) is 0 Å². The van der Waals surface area contributed by atoms with Crippen molar-refractivity contribution in [3.63, 3.8) is 0 Å². The van der Waals surface area contributed by atoms with Crippen LogP contribution in [0, 0.1) is 0 Å². The number of hydrogen-bond donors (Lipinski definition) is 2. The van der Waals surface area contributed by atoms with E-state index in [0.717, 1.165) is 19.5 Å². The molecule has 26 heavy (non-hydrogen) atoms. The van der Waals surface area contributed by atoms with Crippen LogP contribution in [0.25, 0.3) is 12.2 Å². The number of aliphatic hydroxyl groups excluding tert-OH is 2. The van der Waals surface area contributed by atoms with Gasteiger partial charge in [-0.2, -0.15) is 0 Å². The van der Waals surface area contributed by atoms with E-state index in [1.54, 1.807) is 0 Å². The Labute approximate surface area is 161 Å². The van der Waals surface area contributed by atoms with Gasteiger partial charge in [-0.05, 0) is 29.7 Å². The first-order valence-corrected chi connectivity index (χ1v) is 8.91. The molecule has 0 amide bonds. The highest BCUT2D eigenvalue weighted by Gasteiger charge is 2.17. The van der Waals surface area contributed by atoms with Gasteiger partial charge >= 0.3 is 0 Å². The van der Waals surface area contributed by atoms with Crippen LogP contribution >= 0.6 is 12.4 Å². The summed E-state index contributed by atoms with van der Waals surface area (Å²) in [5.41, 5.74) is 4.89. The number of aliphatic hydroxyl groups is 2. The summed E-state index contributed by atoms with van der Waals surface area (Å²) in [6, 6.07) is 16.9. The van der Waals surface area contributed by atoms with Crippen molar-refractivity contribution in [3.05, 3.63) is 59.7 Å². The van der Waals surface area contributed by atoms with E-state index >= 15 is 0 Å². The Morgan fingerprint density at radius 3 is 1.73 bits per heavy atom. The molecule has 0 unspecified atom stereocenters. The molecule has 1 aliphatic rings. The van der Waals surface area contributed by atoms with Gasteiger partial charge in [0.05, 0.1) is 13.2 Å². The molecular weight excluding hydrogens is 348 g/mol.